The van der Waals surface area contributed by atoms with E-state index >= 15 is 0 Å². The second-order valence-corrected chi connectivity index (χ2v) is 3.62. The van der Waals surface area contributed by atoms with Gasteiger partial charge in [-0.3, -0.25) is 0 Å². The molecule has 1 rings (SSSR count). The molecule has 0 aliphatic rings. The first kappa shape index (κ1) is 8.34. The third kappa shape index (κ3) is 2.09. The highest BCUT2D eigenvalue weighted by atomic mass is 32.1. The van der Waals surface area contributed by atoms with Gasteiger partial charge in [0, 0.05) is 7.05 Å². The number of anilines is 1. The number of hydrogen-bond acceptors (Lipinski definition) is 2. The molecule has 2 heteroatoms. The normalized spacial score (nSPS) is 9.36. The van der Waals surface area contributed by atoms with Crippen molar-refractivity contribution < 1.29 is 0 Å². The molecule has 1 nitrogen and oxygen atoms in total. The zero-order valence-electron chi connectivity index (χ0n) is 7.14. The van der Waals surface area contributed by atoms with Crippen molar-refractivity contribution in [2.75, 3.05) is 12.4 Å². The van der Waals surface area contributed by atoms with Crippen molar-refractivity contribution in [1.82, 2.24) is 0 Å². The Bertz CT molecular complexity index is 256. The molecule has 0 aliphatic carbocycles. The van der Waals surface area contributed by atoms with Crippen LogP contribution in [-0.2, 0) is 0 Å². The highest BCUT2D eigenvalue weighted by molar-refractivity contribution is 7.11. The molecule has 0 bridgehead atoms. The average molecular weight is 167 g/mol. The summed E-state index contributed by atoms with van der Waals surface area (Å²) in [5.74, 6) is 0. The van der Waals surface area contributed by atoms with Crippen LogP contribution in [0.5, 0.6) is 0 Å². The Labute approximate surface area is 71.8 Å². The smallest absolute Gasteiger partial charge is 0.0520 e. The highest BCUT2D eigenvalue weighted by Gasteiger charge is 1.96. The van der Waals surface area contributed by atoms with Crippen LogP contribution in [0.4, 0.5) is 5.69 Å². The second kappa shape index (κ2) is 3.58. The molecule has 0 fully saturated rings. The van der Waals surface area contributed by atoms with Crippen molar-refractivity contribution in [2.24, 2.45) is 0 Å². The molecule has 1 aromatic rings. The Kier molecular flexibility index (Phi) is 2.71. The number of hydrogen-bond donors (Lipinski definition) is 1. The van der Waals surface area contributed by atoms with Gasteiger partial charge in [0.1, 0.15) is 0 Å². The van der Waals surface area contributed by atoms with E-state index in [9.17, 15) is 0 Å². The van der Waals surface area contributed by atoms with Gasteiger partial charge in [-0.25, -0.2) is 0 Å². The van der Waals surface area contributed by atoms with E-state index in [0.717, 1.165) is 0 Å². The fraction of sp³-hybridized carbons (Fsp3) is 0.333. The SMILES string of the molecule is CNc1ccsc1C=C(C)C. The van der Waals surface area contributed by atoms with E-state index in [4.69, 9.17) is 0 Å². The third-order valence-electron chi connectivity index (χ3n) is 1.38. The Morgan fingerprint density at radius 1 is 1.55 bits per heavy atom. The van der Waals surface area contributed by atoms with E-state index in [2.05, 4.69) is 36.7 Å². The summed E-state index contributed by atoms with van der Waals surface area (Å²) in [7, 11) is 1.95. The van der Waals surface area contributed by atoms with E-state index < -0.39 is 0 Å². The van der Waals surface area contributed by atoms with E-state index in [1.807, 2.05) is 7.05 Å². The molecule has 0 aliphatic heterocycles. The summed E-state index contributed by atoms with van der Waals surface area (Å²) in [5, 5.41) is 5.24. The Balaban J connectivity index is 2.93. The van der Waals surface area contributed by atoms with Crippen molar-refractivity contribution in [3.8, 4) is 0 Å². The van der Waals surface area contributed by atoms with Crippen molar-refractivity contribution >= 4 is 23.1 Å². The van der Waals surface area contributed by atoms with Crippen LogP contribution in [-0.4, -0.2) is 7.05 Å². The van der Waals surface area contributed by atoms with Crippen LogP contribution in [0.25, 0.3) is 6.08 Å². The van der Waals surface area contributed by atoms with Gasteiger partial charge in [-0.15, -0.1) is 11.3 Å². The largest absolute Gasteiger partial charge is 0.387 e. The van der Waals surface area contributed by atoms with Gasteiger partial charge in [-0.05, 0) is 31.4 Å². The predicted molar refractivity (Wildman–Crippen MR) is 53.2 cm³/mol. The molecule has 0 aromatic carbocycles. The standard InChI is InChI=1S/C9H13NS/c1-7(2)6-9-8(10-3)4-5-11-9/h4-6,10H,1-3H3. The fourth-order valence-corrected chi connectivity index (χ4v) is 1.85. The molecular formula is C9H13NS. The topological polar surface area (TPSA) is 12.0 Å². The molecule has 0 spiro atoms. The van der Waals surface area contributed by atoms with Crippen molar-refractivity contribution in [2.45, 2.75) is 13.8 Å². The fourth-order valence-electron chi connectivity index (χ4n) is 0.901. The first-order valence-corrected chi connectivity index (χ1v) is 4.52. The van der Waals surface area contributed by atoms with Crippen molar-refractivity contribution in [1.29, 1.82) is 0 Å². The molecule has 1 N–H and O–H groups in total. The van der Waals surface area contributed by atoms with Gasteiger partial charge >= 0.3 is 0 Å². The molecule has 11 heavy (non-hydrogen) atoms. The lowest BCUT2D eigenvalue weighted by molar-refractivity contribution is 1.43. The molecule has 0 saturated carbocycles. The number of rotatable bonds is 2. The minimum Gasteiger partial charge on any atom is -0.387 e. The van der Waals surface area contributed by atoms with Crippen LogP contribution >= 0.6 is 11.3 Å². The average Bonchev–Trinajstić information content (AvgIpc) is 2.34. The van der Waals surface area contributed by atoms with Gasteiger partial charge < -0.3 is 5.32 Å². The summed E-state index contributed by atoms with van der Waals surface area (Å²) < 4.78 is 0. The number of allylic oxidation sites excluding steroid dienone is 1. The molecule has 1 heterocycles. The van der Waals surface area contributed by atoms with Gasteiger partial charge in [-0.1, -0.05) is 5.57 Å². The summed E-state index contributed by atoms with van der Waals surface area (Å²) in [6.07, 6.45) is 2.19. The monoisotopic (exact) mass is 167 g/mol. The molecule has 0 amide bonds. The first-order valence-electron chi connectivity index (χ1n) is 3.64. The summed E-state index contributed by atoms with van der Waals surface area (Å²) in [6.45, 7) is 4.22. The lowest BCUT2D eigenvalue weighted by Gasteiger charge is -1.96. The third-order valence-corrected chi connectivity index (χ3v) is 2.25. The summed E-state index contributed by atoms with van der Waals surface area (Å²) in [5.41, 5.74) is 2.56. The second-order valence-electron chi connectivity index (χ2n) is 2.67. The minimum absolute atomic E-state index is 1.22. The van der Waals surface area contributed by atoms with Crippen LogP contribution in [0.1, 0.15) is 18.7 Å². The van der Waals surface area contributed by atoms with Gasteiger partial charge in [0.2, 0.25) is 0 Å². The lowest BCUT2D eigenvalue weighted by Crippen LogP contribution is -1.85. The molecule has 0 radical (unpaired) electrons. The van der Waals surface area contributed by atoms with Crippen molar-refractivity contribution in [3.63, 3.8) is 0 Å². The van der Waals surface area contributed by atoms with E-state index in [-0.39, 0.29) is 0 Å². The number of thiophene rings is 1. The maximum atomic E-state index is 3.15. The predicted octanol–water partition coefficient (Wildman–Crippen LogP) is 3.21. The molecule has 0 unspecified atom stereocenters. The Morgan fingerprint density at radius 3 is 2.82 bits per heavy atom. The lowest BCUT2D eigenvalue weighted by atomic mass is 10.3. The zero-order chi connectivity index (χ0) is 8.27. The van der Waals surface area contributed by atoms with E-state index in [1.165, 1.54) is 16.1 Å². The molecule has 1 aromatic heterocycles. The molecule has 0 atom stereocenters. The Morgan fingerprint density at radius 2 is 2.27 bits per heavy atom. The zero-order valence-corrected chi connectivity index (χ0v) is 7.96. The van der Waals surface area contributed by atoms with E-state index in [0.29, 0.717) is 0 Å². The van der Waals surface area contributed by atoms with E-state index in [1.54, 1.807) is 11.3 Å². The van der Waals surface area contributed by atoms with Gasteiger partial charge in [-0.2, -0.15) is 0 Å². The van der Waals surface area contributed by atoms with Gasteiger partial charge in [0.25, 0.3) is 0 Å². The van der Waals surface area contributed by atoms with Crippen LogP contribution in [0.2, 0.25) is 0 Å². The van der Waals surface area contributed by atoms with Crippen LogP contribution in [0, 0.1) is 0 Å². The van der Waals surface area contributed by atoms with Gasteiger partial charge in [0.05, 0.1) is 10.6 Å². The van der Waals surface area contributed by atoms with Crippen molar-refractivity contribution in [3.05, 3.63) is 21.9 Å². The summed E-state index contributed by atoms with van der Waals surface area (Å²) in [4.78, 5) is 1.31. The van der Waals surface area contributed by atoms with Crippen LogP contribution in [0.15, 0.2) is 17.0 Å². The minimum atomic E-state index is 1.22. The van der Waals surface area contributed by atoms with Crippen LogP contribution < -0.4 is 5.32 Å². The first-order chi connectivity index (χ1) is 5.24. The summed E-state index contributed by atoms with van der Waals surface area (Å²) >= 11 is 1.76. The summed E-state index contributed by atoms with van der Waals surface area (Å²) in [6, 6.07) is 2.10. The molecule has 60 valence electrons. The quantitative estimate of drug-likeness (QED) is 0.713. The Hall–Kier alpha value is -0.760. The highest BCUT2D eigenvalue weighted by Crippen LogP contribution is 2.24. The maximum Gasteiger partial charge on any atom is 0.0520 e. The van der Waals surface area contributed by atoms with Gasteiger partial charge in [0.15, 0.2) is 0 Å². The molecular weight excluding hydrogens is 154 g/mol. The van der Waals surface area contributed by atoms with Crippen LogP contribution in [0.3, 0.4) is 0 Å². The number of nitrogens with one attached hydrogen (secondary N) is 1. The molecule has 0 saturated heterocycles. The maximum absolute atomic E-state index is 3.15.